The summed E-state index contributed by atoms with van der Waals surface area (Å²) in [5.41, 5.74) is 7.88. The smallest absolute Gasteiger partial charge is 0.254 e. The van der Waals surface area contributed by atoms with Gasteiger partial charge in [0, 0.05) is 30.8 Å². The molecule has 2 aromatic carbocycles. The molecule has 0 fully saturated rings. The molecule has 0 spiro atoms. The number of carbonyl (C=O) groups excluding carboxylic acids is 2. The minimum Gasteiger partial charge on any atom is -0.334 e. The van der Waals surface area contributed by atoms with Gasteiger partial charge in [-0.15, -0.1) is 0 Å². The number of benzene rings is 2. The van der Waals surface area contributed by atoms with Crippen LogP contribution >= 0.6 is 0 Å². The maximum Gasteiger partial charge on any atom is 0.254 e. The molecule has 132 valence electrons. The highest BCUT2D eigenvalue weighted by molar-refractivity contribution is 5.97. The van der Waals surface area contributed by atoms with Crippen molar-refractivity contribution in [3.63, 3.8) is 0 Å². The normalized spacial score (nSPS) is 10.3. The van der Waals surface area contributed by atoms with Crippen LogP contribution in [-0.2, 0) is 11.3 Å². The fourth-order valence-corrected chi connectivity index (χ4v) is 2.50. The Morgan fingerprint density at radius 1 is 1.08 bits per heavy atom. The van der Waals surface area contributed by atoms with Crippen molar-refractivity contribution in [1.29, 1.82) is 0 Å². The third-order valence-corrected chi connectivity index (χ3v) is 3.85. The highest BCUT2D eigenvalue weighted by Crippen LogP contribution is 2.15. The standard InChI is InChI=1S/C20H25N3O2/c1-2-19(24)22-18-11-6-10-17(14-18)20(25)23(13-7-12-21)15-16-8-4-3-5-9-16/h3-6,8-11,14H,2,7,12-13,15,21H2,1H3,(H,22,24). The molecule has 3 N–H and O–H groups in total. The molecule has 2 amide bonds. The van der Waals surface area contributed by atoms with E-state index in [9.17, 15) is 9.59 Å². The third-order valence-electron chi connectivity index (χ3n) is 3.85. The van der Waals surface area contributed by atoms with Crippen molar-refractivity contribution < 1.29 is 9.59 Å². The van der Waals surface area contributed by atoms with E-state index in [2.05, 4.69) is 5.32 Å². The maximum atomic E-state index is 12.9. The first-order valence-electron chi connectivity index (χ1n) is 8.57. The molecule has 5 heteroatoms. The molecular formula is C20H25N3O2. The number of rotatable bonds is 8. The van der Waals surface area contributed by atoms with E-state index in [1.54, 1.807) is 36.1 Å². The minimum atomic E-state index is -0.0751. The van der Waals surface area contributed by atoms with Crippen LogP contribution in [0.1, 0.15) is 35.7 Å². The Kier molecular flexibility index (Phi) is 7.16. The van der Waals surface area contributed by atoms with E-state index in [4.69, 9.17) is 5.73 Å². The number of nitrogens with two attached hydrogens (primary N) is 1. The molecule has 2 rings (SSSR count). The van der Waals surface area contributed by atoms with Crippen molar-refractivity contribution in [3.05, 3.63) is 65.7 Å². The van der Waals surface area contributed by atoms with Gasteiger partial charge in [0.2, 0.25) is 5.91 Å². The Hall–Kier alpha value is -2.66. The van der Waals surface area contributed by atoms with Crippen LogP contribution in [0.25, 0.3) is 0 Å². The second-order valence-corrected chi connectivity index (χ2v) is 5.84. The van der Waals surface area contributed by atoms with Crippen molar-refractivity contribution in [2.24, 2.45) is 5.73 Å². The van der Waals surface area contributed by atoms with Gasteiger partial charge in [-0.1, -0.05) is 43.3 Å². The average Bonchev–Trinajstić information content (AvgIpc) is 2.65. The molecule has 0 radical (unpaired) electrons. The number of hydrogen-bond donors (Lipinski definition) is 2. The summed E-state index contributed by atoms with van der Waals surface area (Å²) in [5, 5.41) is 2.79. The summed E-state index contributed by atoms with van der Waals surface area (Å²) < 4.78 is 0. The molecule has 2 aromatic rings. The minimum absolute atomic E-state index is 0.0649. The van der Waals surface area contributed by atoms with Gasteiger partial charge in [-0.3, -0.25) is 9.59 Å². The number of amides is 2. The van der Waals surface area contributed by atoms with Crippen molar-refractivity contribution in [3.8, 4) is 0 Å². The molecule has 25 heavy (non-hydrogen) atoms. The summed E-state index contributed by atoms with van der Waals surface area (Å²) in [4.78, 5) is 26.3. The molecule has 0 atom stereocenters. The lowest BCUT2D eigenvalue weighted by molar-refractivity contribution is -0.115. The van der Waals surface area contributed by atoms with Crippen LogP contribution in [0.3, 0.4) is 0 Å². The van der Waals surface area contributed by atoms with Crippen molar-refractivity contribution in [2.75, 3.05) is 18.4 Å². The van der Waals surface area contributed by atoms with Crippen molar-refractivity contribution in [1.82, 2.24) is 4.90 Å². The first kappa shape index (κ1) is 18.7. The molecule has 0 bridgehead atoms. The summed E-state index contributed by atoms with van der Waals surface area (Å²) in [6, 6.07) is 16.9. The van der Waals surface area contributed by atoms with Crippen LogP contribution in [0.5, 0.6) is 0 Å². The monoisotopic (exact) mass is 339 g/mol. The largest absolute Gasteiger partial charge is 0.334 e. The summed E-state index contributed by atoms with van der Waals surface area (Å²) in [6.45, 7) is 3.45. The van der Waals surface area contributed by atoms with E-state index in [1.165, 1.54) is 0 Å². The van der Waals surface area contributed by atoms with Crippen LogP contribution in [0.15, 0.2) is 54.6 Å². The Bertz CT molecular complexity index is 701. The number of nitrogens with zero attached hydrogens (tertiary/aromatic N) is 1. The summed E-state index contributed by atoms with van der Waals surface area (Å²) in [5.74, 6) is -0.140. The summed E-state index contributed by atoms with van der Waals surface area (Å²) >= 11 is 0. The quantitative estimate of drug-likeness (QED) is 0.776. The highest BCUT2D eigenvalue weighted by atomic mass is 16.2. The summed E-state index contributed by atoms with van der Waals surface area (Å²) in [6.07, 6.45) is 1.14. The zero-order chi connectivity index (χ0) is 18.1. The van der Waals surface area contributed by atoms with Gasteiger partial charge in [-0.2, -0.15) is 0 Å². The van der Waals surface area contributed by atoms with E-state index in [0.29, 0.717) is 37.3 Å². The predicted molar refractivity (Wildman–Crippen MR) is 100 cm³/mol. The van der Waals surface area contributed by atoms with Gasteiger partial charge in [-0.25, -0.2) is 0 Å². The first-order valence-corrected chi connectivity index (χ1v) is 8.57. The summed E-state index contributed by atoms with van der Waals surface area (Å²) in [7, 11) is 0. The van der Waals surface area contributed by atoms with E-state index < -0.39 is 0 Å². The second-order valence-electron chi connectivity index (χ2n) is 5.84. The predicted octanol–water partition coefficient (Wildman–Crippen LogP) is 3.03. The lowest BCUT2D eigenvalue weighted by Gasteiger charge is -2.23. The molecule has 0 aliphatic carbocycles. The molecule has 0 heterocycles. The van der Waals surface area contributed by atoms with Crippen LogP contribution < -0.4 is 11.1 Å². The zero-order valence-corrected chi connectivity index (χ0v) is 14.6. The van der Waals surface area contributed by atoms with E-state index >= 15 is 0 Å². The SMILES string of the molecule is CCC(=O)Nc1cccc(C(=O)N(CCCN)Cc2ccccc2)c1. The fraction of sp³-hybridized carbons (Fsp3) is 0.300. The molecule has 5 nitrogen and oxygen atoms in total. The van der Waals surface area contributed by atoms with Gasteiger partial charge in [0.15, 0.2) is 0 Å². The van der Waals surface area contributed by atoms with Gasteiger partial charge < -0.3 is 16.0 Å². The van der Waals surface area contributed by atoms with Crippen LogP contribution in [-0.4, -0.2) is 29.8 Å². The van der Waals surface area contributed by atoms with E-state index in [-0.39, 0.29) is 11.8 Å². The third kappa shape index (κ3) is 5.72. The average molecular weight is 339 g/mol. The number of nitrogens with one attached hydrogen (secondary N) is 1. The zero-order valence-electron chi connectivity index (χ0n) is 14.6. The number of carbonyl (C=O) groups is 2. The van der Waals surface area contributed by atoms with Gasteiger partial charge in [0.05, 0.1) is 0 Å². The van der Waals surface area contributed by atoms with Gasteiger partial charge in [-0.05, 0) is 36.7 Å². The Labute approximate surface area is 148 Å². The highest BCUT2D eigenvalue weighted by Gasteiger charge is 2.16. The molecule has 0 saturated heterocycles. The Balaban J connectivity index is 2.17. The molecule has 0 aromatic heterocycles. The second kappa shape index (κ2) is 9.59. The van der Waals surface area contributed by atoms with E-state index in [1.807, 2.05) is 30.3 Å². The van der Waals surface area contributed by atoms with Crippen LogP contribution in [0.4, 0.5) is 5.69 Å². The van der Waals surface area contributed by atoms with Gasteiger partial charge >= 0.3 is 0 Å². The number of anilines is 1. The lowest BCUT2D eigenvalue weighted by Crippen LogP contribution is -2.32. The van der Waals surface area contributed by atoms with Gasteiger partial charge in [0.1, 0.15) is 0 Å². The fourth-order valence-electron chi connectivity index (χ4n) is 2.50. The lowest BCUT2D eigenvalue weighted by atomic mass is 10.1. The topological polar surface area (TPSA) is 75.4 Å². The Morgan fingerprint density at radius 3 is 2.52 bits per heavy atom. The van der Waals surface area contributed by atoms with Crippen molar-refractivity contribution in [2.45, 2.75) is 26.3 Å². The molecule has 0 unspecified atom stereocenters. The van der Waals surface area contributed by atoms with Crippen LogP contribution in [0.2, 0.25) is 0 Å². The first-order chi connectivity index (χ1) is 12.1. The number of hydrogen-bond acceptors (Lipinski definition) is 3. The molecule has 0 aliphatic heterocycles. The molecule has 0 saturated carbocycles. The Morgan fingerprint density at radius 2 is 1.84 bits per heavy atom. The molecule has 0 aliphatic rings. The van der Waals surface area contributed by atoms with Crippen LogP contribution in [0, 0.1) is 0 Å². The maximum absolute atomic E-state index is 12.9. The van der Waals surface area contributed by atoms with Crippen molar-refractivity contribution >= 4 is 17.5 Å². The van der Waals surface area contributed by atoms with Gasteiger partial charge in [0.25, 0.3) is 5.91 Å². The molecular weight excluding hydrogens is 314 g/mol. The van der Waals surface area contributed by atoms with E-state index in [0.717, 1.165) is 12.0 Å².